The van der Waals surface area contributed by atoms with Crippen molar-refractivity contribution >= 4 is 28.3 Å². The summed E-state index contributed by atoms with van der Waals surface area (Å²) in [5, 5.41) is 2.03. The number of nitrogens with zero attached hydrogens (tertiary/aromatic N) is 3. The van der Waals surface area contributed by atoms with Crippen molar-refractivity contribution in [2.45, 2.75) is 32.7 Å². The molecule has 124 valence electrons. The Morgan fingerprint density at radius 2 is 2.04 bits per heavy atom. The van der Waals surface area contributed by atoms with E-state index in [0.717, 1.165) is 34.9 Å². The highest BCUT2D eigenvalue weighted by Crippen LogP contribution is 2.32. The van der Waals surface area contributed by atoms with Gasteiger partial charge in [0.15, 0.2) is 0 Å². The number of aromatic nitrogens is 2. The minimum atomic E-state index is 0.153. The summed E-state index contributed by atoms with van der Waals surface area (Å²) in [6.45, 7) is 7.89. The zero-order valence-corrected chi connectivity index (χ0v) is 15.0. The number of aryl methyl sites for hydroxylation is 1. The van der Waals surface area contributed by atoms with Gasteiger partial charge in [-0.2, -0.15) is 0 Å². The van der Waals surface area contributed by atoms with Crippen LogP contribution in [0.5, 0.6) is 0 Å². The number of fused-ring (bicyclic) bond motifs is 1. The van der Waals surface area contributed by atoms with E-state index in [1.165, 1.54) is 16.9 Å². The third-order valence-corrected chi connectivity index (χ3v) is 5.63. The van der Waals surface area contributed by atoms with Crippen LogP contribution in [0.2, 0.25) is 0 Å². The fourth-order valence-corrected chi connectivity index (χ4v) is 4.20. The average Bonchev–Trinajstić information content (AvgIpc) is 3.10. The van der Waals surface area contributed by atoms with Gasteiger partial charge in [0.05, 0.1) is 22.0 Å². The fraction of sp³-hybridized carbons (Fsp3) is 0.368. The summed E-state index contributed by atoms with van der Waals surface area (Å²) in [6, 6.07) is 10.6. The number of hydrogen-bond acceptors (Lipinski definition) is 3. The lowest BCUT2D eigenvalue weighted by Gasteiger charge is -2.41. The van der Waals surface area contributed by atoms with Crippen LogP contribution in [-0.4, -0.2) is 33.4 Å². The van der Waals surface area contributed by atoms with Crippen LogP contribution in [0.25, 0.3) is 11.0 Å². The summed E-state index contributed by atoms with van der Waals surface area (Å²) in [5.41, 5.74) is 3.37. The number of para-hydroxylation sites is 2. The second-order valence-corrected chi connectivity index (χ2v) is 7.75. The molecule has 4 nitrogen and oxygen atoms in total. The molecule has 0 unspecified atom stereocenters. The molecule has 0 spiro atoms. The van der Waals surface area contributed by atoms with Gasteiger partial charge in [-0.05, 0) is 36.1 Å². The first kappa shape index (κ1) is 15.4. The van der Waals surface area contributed by atoms with Crippen molar-refractivity contribution < 1.29 is 4.79 Å². The smallest absolute Gasteiger partial charge is 0.264 e. The predicted octanol–water partition coefficient (Wildman–Crippen LogP) is 4.23. The molecule has 24 heavy (non-hydrogen) atoms. The molecule has 1 fully saturated rings. The highest BCUT2D eigenvalue weighted by molar-refractivity contribution is 7.12. The number of carbonyl (C=O) groups is 1. The van der Waals surface area contributed by atoms with Gasteiger partial charge in [-0.15, -0.1) is 11.3 Å². The van der Waals surface area contributed by atoms with Crippen molar-refractivity contribution in [1.82, 2.24) is 14.5 Å². The van der Waals surface area contributed by atoms with Crippen LogP contribution in [0, 0.1) is 6.92 Å². The molecule has 2 aromatic heterocycles. The average molecular weight is 339 g/mol. The molecule has 0 N–H and O–H groups in total. The Hall–Kier alpha value is -2.14. The Balaban J connectivity index is 1.60. The quantitative estimate of drug-likeness (QED) is 0.716. The van der Waals surface area contributed by atoms with E-state index in [0.29, 0.717) is 12.0 Å². The van der Waals surface area contributed by atoms with E-state index in [1.807, 2.05) is 29.3 Å². The van der Waals surface area contributed by atoms with Gasteiger partial charge in [-0.3, -0.25) is 4.79 Å². The first-order valence-corrected chi connectivity index (χ1v) is 9.24. The topological polar surface area (TPSA) is 38.1 Å². The van der Waals surface area contributed by atoms with Crippen LogP contribution in [0.15, 0.2) is 35.7 Å². The lowest BCUT2D eigenvalue weighted by atomic mass is 10.1. The molecule has 0 atom stereocenters. The normalized spacial score (nSPS) is 15.2. The molecule has 3 aromatic rings. The Kier molecular flexibility index (Phi) is 3.68. The molecule has 0 saturated carbocycles. The molecule has 0 bridgehead atoms. The van der Waals surface area contributed by atoms with Crippen molar-refractivity contribution in [1.29, 1.82) is 0 Å². The Morgan fingerprint density at radius 1 is 1.29 bits per heavy atom. The number of likely N-dealkylation sites (tertiary alicyclic amines) is 1. The van der Waals surface area contributed by atoms with Gasteiger partial charge < -0.3 is 9.47 Å². The van der Waals surface area contributed by atoms with Crippen LogP contribution in [0.4, 0.5) is 0 Å². The number of imidazole rings is 1. The summed E-state index contributed by atoms with van der Waals surface area (Å²) in [6.07, 6.45) is 0. The molecule has 1 aromatic carbocycles. The Bertz CT molecular complexity index is 902. The van der Waals surface area contributed by atoms with Crippen molar-refractivity contribution in [2.24, 2.45) is 0 Å². The molecule has 3 heterocycles. The maximum atomic E-state index is 12.5. The Labute approximate surface area is 145 Å². The van der Waals surface area contributed by atoms with Crippen LogP contribution in [0.3, 0.4) is 0 Å². The first-order chi connectivity index (χ1) is 11.5. The molecule has 5 heteroatoms. The van der Waals surface area contributed by atoms with Gasteiger partial charge in [0.25, 0.3) is 5.91 Å². The van der Waals surface area contributed by atoms with Gasteiger partial charge in [-0.25, -0.2) is 4.98 Å². The highest BCUT2D eigenvalue weighted by Gasteiger charge is 2.35. The van der Waals surface area contributed by atoms with Crippen LogP contribution < -0.4 is 0 Å². The van der Waals surface area contributed by atoms with Crippen molar-refractivity contribution in [2.75, 3.05) is 13.1 Å². The first-order valence-electron chi connectivity index (χ1n) is 8.36. The lowest BCUT2D eigenvalue weighted by molar-refractivity contribution is 0.0526. The SMILES string of the molecule is Cc1csc(C(=O)N2CC(n3c(C(C)C)nc4ccccc43)C2)c1. The standard InChI is InChI=1S/C19H21N3OS/c1-12(2)18-20-15-6-4-5-7-16(15)22(18)14-9-21(10-14)19(23)17-8-13(3)11-24-17/h4-8,11-12,14H,9-10H2,1-3H3. The molecular formula is C19H21N3OS. The molecule has 4 rings (SSSR count). The van der Waals surface area contributed by atoms with E-state index >= 15 is 0 Å². The molecule has 0 aliphatic carbocycles. The monoisotopic (exact) mass is 339 g/mol. The maximum Gasteiger partial charge on any atom is 0.264 e. The third-order valence-electron chi connectivity index (χ3n) is 4.60. The van der Waals surface area contributed by atoms with Crippen LogP contribution >= 0.6 is 11.3 Å². The summed E-state index contributed by atoms with van der Waals surface area (Å²) in [5.74, 6) is 1.63. The fourth-order valence-electron chi connectivity index (χ4n) is 3.34. The van der Waals surface area contributed by atoms with E-state index in [4.69, 9.17) is 4.98 Å². The predicted molar refractivity (Wildman–Crippen MR) is 97.8 cm³/mol. The largest absolute Gasteiger partial charge is 0.334 e. The zero-order chi connectivity index (χ0) is 16.8. The lowest BCUT2D eigenvalue weighted by Crippen LogP contribution is -2.50. The van der Waals surface area contributed by atoms with Gasteiger partial charge in [0.1, 0.15) is 5.82 Å². The number of thiophene rings is 1. The summed E-state index contributed by atoms with van der Waals surface area (Å²) >= 11 is 1.53. The van der Waals surface area contributed by atoms with E-state index < -0.39 is 0 Å². The maximum absolute atomic E-state index is 12.5. The number of hydrogen-bond donors (Lipinski definition) is 0. The molecule has 1 saturated heterocycles. The van der Waals surface area contributed by atoms with Crippen LogP contribution in [-0.2, 0) is 0 Å². The zero-order valence-electron chi connectivity index (χ0n) is 14.2. The second kappa shape index (κ2) is 5.74. The van der Waals surface area contributed by atoms with Gasteiger partial charge in [0, 0.05) is 19.0 Å². The van der Waals surface area contributed by atoms with E-state index in [-0.39, 0.29) is 5.91 Å². The van der Waals surface area contributed by atoms with E-state index in [9.17, 15) is 4.79 Å². The van der Waals surface area contributed by atoms with Gasteiger partial charge in [0.2, 0.25) is 0 Å². The second-order valence-electron chi connectivity index (χ2n) is 6.84. The molecular weight excluding hydrogens is 318 g/mol. The summed E-state index contributed by atoms with van der Waals surface area (Å²) < 4.78 is 2.34. The number of amides is 1. The van der Waals surface area contributed by atoms with Crippen molar-refractivity contribution in [3.05, 3.63) is 52.0 Å². The molecule has 1 aliphatic rings. The van der Waals surface area contributed by atoms with Crippen LogP contribution in [0.1, 0.15) is 46.9 Å². The van der Waals surface area contributed by atoms with E-state index in [1.54, 1.807) is 0 Å². The summed E-state index contributed by atoms with van der Waals surface area (Å²) in [4.78, 5) is 20.1. The number of benzene rings is 1. The van der Waals surface area contributed by atoms with E-state index in [2.05, 4.69) is 36.6 Å². The number of rotatable bonds is 3. The minimum Gasteiger partial charge on any atom is -0.334 e. The van der Waals surface area contributed by atoms with Crippen molar-refractivity contribution in [3.8, 4) is 0 Å². The van der Waals surface area contributed by atoms with Gasteiger partial charge >= 0.3 is 0 Å². The molecule has 1 amide bonds. The third kappa shape index (κ3) is 2.44. The molecule has 1 aliphatic heterocycles. The highest BCUT2D eigenvalue weighted by atomic mass is 32.1. The van der Waals surface area contributed by atoms with Crippen molar-refractivity contribution in [3.63, 3.8) is 0 Å². The molecule has 0 radical (unpaired) electrons. The van der Waals surface area contributed by atoms with Gasteiger partial charge in [-0.1, -0.05) is 26.0 Å². The summed E-state index contributed by atoms with van der Waals surface area (Å²) in [7, 11) is 0. The number of carbonyl (C=O) groups excluding carboxylic acids is 1. The minimum absolute atomic E-state index is 0.153. The Morgan fingerprint density at radius 3 is 2.71 bits per heavy atom.